The molecule has 0 aliphatic carbocycles. The fourth-order valence-corrected chi connectivity index (χ4v) is 2.41. The van der Waals surface area contributed by atoms with Crippen LogP contribution < -0.4 is 0 Å². The first-order valence-electron chi connectivity index (χ1n) is 6.47. The van der Waals surface area contributed by atoms with Crippen LogP contribution in [-0.4, -0.2) is 32.3 Å². The number of nitrogens with one attached hydrogen (secondary N) is 1. The van der Waals surface area contributed by atoms with Crippen molar-refractivity contribution < 1.29 is 14.3 Å². The third-order valence-electron chi connectivity index (χ3n) is 2.42. The van der Waals surface area contributed by atoms with Gasteiger partial charge in [0.05, 0.1) is 0 Å². The number of aryl methyl sites for hydroxylation is 1. The molecule has 21 heavy (non-hydrogen) atoms. The van der Waals surface area contributed by atoms with Crippen LogP contribution in [-0.2, 0) is 9.53 Å². The van der Waals surface area contributed by atoms with E-state index in [1.807, 2.05) is 6.92 Å². The van der Waals surface area contributed by atoms with Gasteiger partial charge in [-0.05, 0) is 27.7 Å². The second-order valence-electron chi connectivity index (χ2n) is 5.64. The number of ether oxygens (including phenoxy) is 1. The summed E-state index contributed by atoms with van der Waals surface area (Å²) in [7, 11) is 0. The molecule has 7 heteroatoms. The molecule has 2 aromatic rings. The highest BCUT2D eigenvalue weighted by atomic mass is 32.1. The molecule has 2 aromatic heterocycles. The molecule has 0 saturated carbocycles. The molecule has 2 heterocycles. The van der Waals surface area contributed by atoms with Crippen LogP contribution in [0.4, 0.5) is 0 Å². The molecule has 0 aliphatic heterocycles. The lowest BCUT2D eigenvalue weighted by atomic mass is 10.2. The molecule has 112 valence electrons. The molecule has 0 bridgehead atoms. The Labute approximate surface area is 126 Å². The van der Waals surface area contributed by atoms with E-state index in [-0.39, 0.29) is 17.9 Å². The third kappa shape index (κ3) is 4.22. The topological polar surface area (TPSA) is 84.9 Å². The van der Waals surface area contributed by atoms with E-state index in [0.29, 0.717) is 10.8 Å². The van der Waals surface area contributed by atoms with Crippen LogP contribution in [0.5, 0.6) is 0 Å². The minimum absolute atomic E-state index is 0.259. The van der Waals surface area contributed by atoms with Gasteiger partial charge in [0.2, 0.25) is 0 Å². The molecule has 0 aromatic carbocycles. The van der Waals surface area contributed by atoms with Crippen molar-refractivity contribution in [1.29, 1.82) is 0 Å². The Morgan fingerprint density at radius 2 is 2.10 bits per heavy atom. The van der Waals surface area contributed by atoms with Crippen LogP contribution in [0, 0.1) is 6.92 Å². The maximum atomic E-state index is 12.0. The quantitative estimate of drug-likeness (QED) is 0.533. The van der Waals surface area contributed by atoms with Crippen molar-refractivity contribution in [2.45, 2.75) is 39.7 Å². The number of rotatable bonds is 4. The SMILES string of the molecule is Cc1cnc(-c2nc(C(=O)CC(=O)OC(C)(C)C)cs2)[nH]1. The molecule has 0 radical (unpaired) electrons. The number of hydrogen-bond donors (Lipinski definition) is 1. The van der Waals surface area contributed by atoms with E-state index >= 15 is 0 Å². The molecular formula is C14H17N3O3S. The first kappa shape index (κ1) is 15.4. The van der Waals surface area contributed by atoms with E-state index in [1.165, 1.54) is 11.3 Å². The number of ketones is 1. The number of nitrogens with zero attached hydrogens (tertiary/aromatic N) is 2. The predicted octanol–water partition coefficient (Wildman–Crippen LogP) is 2.76. The highest BCUT2D eigenvalue weighted by Crippen LogP contribution is 2.21. The van der Waals surface area contributed by atoms with Gasteiger partial charge < -0.3 is 9.72 Å². The number of carbonyl (C=O) groups is 2. The van der Waals surface area contributed by atoms with Gasteiger partial charge in [-0.2, -0.15) is 0 Å². The van der Waals surface area contributed by atoms with Crippen molar-refractivity contribution >= 4 is 23.1 Å². The molecule has 0 amide bonds. The average molecular weight is 307 g/mol. The second kappa shape index (κ2) is 5.77. The highest BCUT2D eigenvalue weighted by molar-refractivity contribution is 7.13. The van der Waals surface area contributed by atoms with Crippen molar-refractivity contribution in [3.63, 3.8) is 0 Å². The standard InChI is InChI=1S/C14H17N3O3S/c1-8-6-15-12(16-8)13-17-9(7-21-13)10(18)5-11(19)20-14(2,3)4/h6-7H,5H2,1-4H3,(H,15,16). The maximum Gasteiger partial charge on any atom is 0.314 e. The van der Waals surface area contributed by atoms with Crippen molar-refractivity contribution in [1.82, 2.24) is 15.0 Å². The van der Waals surface area contributed by atoms with Gasteiger partial charge in [-0.3, -0.25) is 9.59 Å². The number of esters is 1. The van der Waals surface area contributed by atoms with E-state index in [2.05, 4.69) is 15.0 Å². The van der Waals surface area contributed by atoms with E-state index < -0.39 is 11.6 Å². The van der Waals surface area contributed by atoms with Crippen LogP contribution in [0.2, 0.25) is 0 Å². The van der Waals surface area contributed by atoms with Crippen molar-refractivity contribution in [3.05, 3.63) is 23.0 Å². The van der Waals surface area contributed by atoms with Gasteiger partial charge in [-0.25, -0.2) is 9.97 Å². The van der Waals surface area contributed by atoms with Gasteiger partial charge in [0, 0.05) is 17.3 Å². The fourth-order valence-electron chi connectivity index (χ4n) is 1.63. The number of aromatic nitrogens is 3. The predicted molar refractivity (Wildman–Crippen MR) is 79.2 cm³/mol. The number of aromatic amines is 1. The van der Waals surface area contributed by atoms with Crippen molar-refractivity contribution in [2.24, 2.45) is 0 Å². The minimum atomic E-state index is -0.601. The lowest BCUT2D eigenvalue weighted by Crippen LogP contribution is -2.25. The zero-order valence-corrected chi connectivity index (χ0v) is 13.2. The van der Waals surface area contributed by atoms with Crippen molar-refractivity contribution in [2.75, 3.05) is 0 Å². The van der Waals surface area contributed by atoms with E-state index in [9.17, 15) is 9.59 Å². The van der Waals surface area contributed by atoms with Gasteiger partial charge in [-0.15, -0.1) is 11.3 Å². The Morgan fingerprint density at radius 1 is 1.38 bits per heavy atom. The molecule has 0 fully saturated rings. The van der Waals surface area contributed by atoms with E-state index in [0.717, 1.165) is 5.69 Å². The lowest BCUT2D eigenvalue weighted by Gasteiger charge is -2.18. The molecule has 0 aliphatic rings. The lowest BCUT2D eigenvalue weighted by molar-refractivity contribution is -0.153. The molecule has 6 nitrogen and oxygen atoms in total. The summed E-state index contributed by atoms with van der Waals surface area (Å²) >= 11 is 1.31. The summed E-state index contributed by atoms with van der Waals surface area (Å²) in [6, 6.07) is 0. The molecule has 0 unspecified atom stereocenters. The zero-order chi connectivity index (χ0) is 15.6. The molecule has 1 N–H and O–H groups in total. The summed E-state index contributed by atoms with van der Waals surface area (Å²) in [6.07, 6.45) is 1.39. The Kier molecular flexibility index (Phi) is 4.22. The van der Waals surface area contributed by atoms with Crippen molar-refractivity contribution in [3.8, 4) is 10.8 Å². The van der Waals surface area contributed by atoms with Crippen LogP contribution in [0.1, 0.15) is 43.4 Å². The molecule has 0 atom stereocenters. The van der Waals surface area contributed by atoms with Gasteiger partial charge in [-0.1, -0.05) is 0 Å². The van der Waals surface area contributed by atoms with Crippen LogP contribution >= 0.6 is 11.3 Å². The summed E-state index contributed by atoms with van der Waals surface area (Å²) in [6.45, 7) is 7.17. The number of thiazole rings is 1. The summed E-state index contributed by atoms with van der Waals surface area (Å²) in [5.74, 6) is -0.278. The third-order valence-corrected chi connectivity index (χ3v) is 3.27. The van der Waals surface area contributed by atoms with E-state index in [1.54, 1.807) is 32.3 Å². The molecular weight excluding hydrogens is 290 g/mol. The minimum Gasteiger partial charge on any atom is -0.460 e. The largest absolute Gasteiger partial charge is 0.460 e. The van der Waals surface area contributed by atoms with Crippen LogP contribution in [0.15, 0.2) is 11.6 Å². The molecule has 0 saturated heterocycles. The van der Waals surface area contributed by atoms with Gasteiger partial charge in [0.25, 0.3) is 0 Å². The Bertz CT molecular complexity index is 667. The summed E-state index contributed by atoms with van der Waals surface area (Å²) in [5.41, 5.74) is 0.577. The first-order valence-corrected chi connectivity index (χ1v) is 7.35. The first-order chi connectivity index (χ1) is 9.74. The van der Waals surface area contributed by atoms with E-state index in [4.69, 9.17) is 4.74 Å². The zero-order valence-electron chi connectivity index (χ0n) is 12.4. The van der Waals surface area contributed by atoms with Gasteiger partial charge >= 0.3 is 5.97 Å². The summed E-state index contributed by atoms with van der Waals surface area (Å²) in [5, 5.41) is 2.25. The number of hydrogen-bond acceptors (Lipinski definition) is 6. The molecule has 2 rings (SSSR count). The summed E-state index contributed by atoms with van der Waals surface area (Å²) < 4.78 is 5.12. The Morgan fingerprint density at radius 3 is 2.67 bits per heavy atom. The number of Topliss-reactive ketones (excluding diaryl/α,β-unsaturated/α-hetero) is 1. The molecule has 0 spiro atoms. The number of H-pyrrole nitrogens is 1. The normalized spacial score (nSPS) is 11.4. The smallest absolute Gasteiger partial charge is 0.314 e. The van der Waals surface area contributed by atoms with Gasteiger partial charge in [0.15, 0.2) is 16.6 Å². The maximum absolute atomic E-state index is 12.0. The highest BCUT2D eigenvalue weighted by Gasteiger charge is 2.21. The second-order valence-corrected chi connectivity index (χ2v) is 6.50. The average Bonchev–Trinajstić information content (AvgIpc) is 2.93. The van der Waals surface area contributed by atoms with Crippen LogP contribution in [0.25, 0.3) is 10.8 Å². The fraction of sp³-hybridized carbons (Fsp3) is 0.429. The van der Waals surface area contributed by atoms with Crippen LogP contribution in [0.3, 0.4) is 0 Å². The van der Waals surface area contributed by atoms with Gasteiger partial charge in [0.1, 0.15) is 17.7 Å². The Hall–Kier alpha value is -2.02. The number of imidazole rings is 1. The monoisotopic (exact) mass is 307 g/mol. The number of carbonyl (C=O) groups excluding carboxylic acids is 2. The Balaban J connectivity index is 2.04. The summed E-state index contributed by atoms with van der Waals surface area (Å²) in [4.78, 5) is 35.1.